The fourth-order valence-electron chi connectivity index (χ4n) is 2.92. The predicted octanol–water partition coefficient (Wildman–Crippen LogP) is 6.48. The second kappa shape index (κ2) is 5.91. The van der Waals surface area contributed by atoms with Gasteiger partial charge in [0.2, 0.25) is 0 Å². The molecule has 0 aromatic heterocycles. The maximum Gasteiger partial charge on any atom is 0.0400 e. The Morgan fingerprint density at radius 1 is 1.10 bits per heavy atom. The summed E-state index contributed by atoms with van der Waals surface area (Å²) >= 11 is 6.39. The van der Waals surface area contributed by atoms with Crippen LogP contribution in [-0.4, -0.2) is 0 Å². The third-order valence-electron chi connectivity index (χ3n) is 4.13. The van der Waals surface area contributed by atoms with E-state index in [1.54, 1.807) is 0 Å². The van der Waals surface area contributed by atoms with Crippen LogP contribution < -0.4 is 0 Å². The highest BCUT2D eigenvalue weighted by Crippen LogP contribution is 2.34. The van der Waals surface area contributed by atoms with E-state index in [-0.39, 0.29) is 0 Å². The van der Waals surface area contributed by atoms with Crippen molar-refractivity contribution in [1.29, 1.82) is 0 Å². The molecule has 3 rings (SSSR count). The number of fused-ring (bicyclic) bond motifs is 1. The molecule has 0 radical (unpaired) electrons. The average Bonchev–Trinajstić information content (AvgIpc) is 2.49. The first-order valence-electron chi connectivity index (χ1n) is 7.36. The predicted molar refractivity (Wildman–Crippen MR) is 93.5 cm³/mol. The number of allylic oxidation sites excluding steroid dienone is 5. The van der Waals surface area contributed by atoms with E-state index >= 15 is 0 Å². The first-order chi connectivity index (χ1) is 10.1. The highest BCUT2D eigenvalue weighted by atomic mass is 35.5. The van der Waals surface area contributed by atoms with E-state index in [9.17, 15) is 0 Å². The second-order valence-electron chi connectivity index (χ2n) is 5.75. The summed E-state index contributed by atoms with van der Waals surface area (Å²) in [5.74, 6) is 0. The Morgan fingerprint density at radius 3 is 2.67 bits per heavy atom. The van der Waals surface area contributed by atoms with Gasteiger partial charge in [0.1, 0.15) is 0 Å². The lowest BCUT2D eigenvalue weighted by molar-refractivity contribution is 0.879. The smallest absolute Gasteiger partial charge is 0.0400 e. The van der Waals surface area contributed by atoms with E-state index < -0.39 is 0 Å². The Bertz CT molecular complexity index is 757. The molecule has 0 nitrogen and oxygen atoms in total. The molecule has 21 heavy (non-hydrogen) atoms. The second-order valence-corrected chi connectivity index (χ2v) is 6.16. The largest absolute Gasteiger partial charge is 0.0949 e. The van der Waals surface area contributed by atoms with Crippen LogP contribution in [0.4, 0.5) is 0 Å². The Morgan fingerprint density at radius 2 is 1.86 bits per heavy atom. The monoisotopic (exact) mass is 294 g/mol. The minimum absolute atomic E-state index is 0.858. The molecule has 2 aromatic carbocycles. The lowest BCUT2D eigenvalue weighted by atomic mass is 9.90. The van der Waals surface area contributed by atoms with Gasteiger partial charge in [-0.2, -0.15) is 0 Å². The first-order valence-corrected chi connectivity index (χ1v) is 7.73. The van der Waals surface area contributed by atoms with Crippen molar-refractivity contribution in [2.75, 3.05) is 0 Å². The molecule has 1 aliphatic carbocycles. The molecule has 0 saturated heterocycles. The van der Waals surface area contributed by atoms with Gasteiger partial charge in [0.05, 0.1) is 0 Å². The maximum atomic E-state index is 6.39. The summed E-state index contributed by atoms with van der Waals surface area (Å²) in [5.41, 5.74) is 5.05. The molecule has 0 aliphatic heterocycles. The topological polar surface area (TPSA) is 0 Å². The number of rotatable bonds is 3. The van der Waals surface area contributed by atoms with Crippen LogP contribution in [0.15, 0.2) is 71.3 Å². The lowest BCUT2D eigenvalue weighted by Crippen LogP contribution is -1.96. The normalized spacial score (nSPS) is 15.2. The number of benzene rings is 2. The van der Waals surface area contributed by atoms with Crippen LogP contribution in [0.5, 0.6) is 0 Å². The molecule has 0 saturated carbocycles. The SMILES string of the molecule is C=C(CC1=C(Cl)C=C(C)CC1)c1cccc2ccccc12. The zero-order valence-corrected chi connectivity index (χ0v) is 13.1. The molecule has 0 spiro atoms. The highest BCUT2D eigenvalue weighted by molar-refractivity contribution is 6.31. The first kappa shape index (κ1) is 14.2. The molecule has 0 atom stereocenters. The zero-order chi connectivity index (χ0) is 14.8. The molecule has 1 heteroatoms. The third kappa shape index (κ3) is 2.96. The van der Waals surface area contributed by atoms with Gasteiger partial charge >= 0.3 is 0 Å². The summed E-state index contributed by atoms with van der Waals surface area (Å²) in [6.07, 6.45) is 5.10. The highest BCUT2D eigenvalue weighted by Gasteiger charge is 2.13. The van der Waals surface area contributed by atoms with Crippen LogP contribution in [0.3, 0.4) is 0 Å². The quantitative estimate of drug-likeness (QED) is 0.608. The summed E-state index contributed by atoms with van der Waals surface area (Å²) in [5, 5.41) is 3.43. The molecule has 0 N–H and O–H groups in total. The maximum absolute atomic E-state index is 6.39. The Hall–Kier alpha value is -1.79. The Balaban J connectivity index is 1.93. The molecule has 0 amide bonds. The van der Waals surface area contributed by atoms with Gasteiger partial charge in [-0.05, 0) is 59.7 Å². The number of hydrogen-bond donors (Lipinski definition) is 0. The Labute approximate surface area is 131 Å². The fourth-order valence-corrected chi connectivity index (χ4v) is 3.26. The van der Waals surface area contributed by atoms with E-state index in [1.807, 2.05) is 0 Å². The summed E-state index contributed by atoms with van der Waals surface area (Å²) < 4.78 is 0. The summed E-state index contributed by atoms with van der Waals surface area (Å²) in [6, 6.07) is 14.9. The van der Waals surface area contributed by atoms with E-state index in [4.69, 9.17) is 11.6 Å². The van der Waals surface area contributed by atoms with Crippen molar-refractivity contribution in [3.05, 3.63) is 76.9 Å². The van der Waals surface area contributed by atoms with Crippen molar-refractivity contribution < 1.29 is 0 Å². The van der Waals surface area contributed by atoms with E-state index in [0.717, 1.165) is 29.9 Å². The van der Waals surface area contributed by atoms with E-state index in [0.29, 0.717) is 0 Å². The molecule has 106 valence electrons. The molecule has 0 fully saturated rings. The molecule has 0 bridgehead atoms. The molecule has 1 aliphatic rings. The molecular weight excluding hydrogens is 276 g/mol. The average molecular weight is 295 g/mol. The standard InChI is InChI=1S/C20H19Cl/c1-14-10-11-17(20(21)12-14)13-15(2)18-9-5-7-16-6-3-4-8-19(16)18/h3-9,12H,2,10-11,13H2,1H3. The van der Waals surface area contributed by atoms with Crippen molar-refractivity contribution in [2.45, 2.75) is 26.2 Å². The van der Waals surface area contributed by atoms with Crippen molar-refractivity contribution in [3.63, 3.8) is 0 Å². The van der Waals surface area contributed by atoms with Gasteiger partial charge in [-0.3, -0.25) is 0 Å². The zero-order valence-electron chi connectivity index (χ0n) is 12.3. The fraction of sp³-hybridized carbons (Fsp3) is 0.200. The summed E-state index contributed by atoms with van der Waals surface area (Å²) in [6.45, 7) is 6.45. The minimum Gasteiger partial charge on any atom is -0.0949 e. The van der Waals surface area contributed by atoms with Gasteiger partial charge in [-0.1, -0.05) is 66.2 Å². The molecule has 0 unspecified atom stereocenters. The van der Waals surface area contributed by atoms with Crippen LogP contribution in [0.25, 0.3) is 16.3 Å². The Kier molecular flexibility index (Phi) is 3.98. The summed E-state index contributed by atoms with van der Waals surface area (Å²) in [7, 11) is 0. The van der Waals surface area contributed by atoms with Crippen LogP contribution in [0, 0.1) is 0 Å². The van der Waals surface area contributed by atoms with Gasteiger partial charge in [-0.15, -0.1) is 0 Å². The van der Waals surface area contributed by atoms with Crippen LogP contribution >= 0.6 is 11.6 Å². The van der Waals surface area contributed by atoms with Crippen molar-refractivity contribution in [2.24, 2.45) is 0 Å². The van der Waals surface area contributed by atoms with E-state index in [2.05, 4.69) is 62.0 Å². The van der Waals surface area contributed by atoms with Crippen molar-refractivity contribution >= 4 is 27.9 Å². The van der Waals surface area contributed by atoms with Crippen molar-refractivity contribution in [3.8, 4) is 0 Å². The van der Waals surface area contributed by atoms with Gasteiger partial charge in [0.25, 0.3) is 0 Å². The van der Waals surface area contributed by atoms with Crippen LogP contribution in [-0.2, 0) is 0 Å². The van der Waals surface area contributed by atoms with Gasteiger partial charge < -0.3 is 0 Å². The van der Waals surface area contributed by atoms with Crippen LogP contribution in [0.1, 0.15) is 31.7 Å². The molecule has 0 heterocycles. The van der Waals surface area contributed by atoms with Gasteiger partial charge in [-0.25, -0.2) is 0 Å². The van der Waals surface area contributed by atoms with Crippen molar-refractivity contribution in [1.82, 2.24) is 0 Å². The molecule has 2 aromatic rings. The lowest BCUT2D eigenvalue weighted by Gasteiger charge is -2.17. The van der Waals surface area contributed by atoms with Gasteiger partial charge in [0, 0.05) is 5.03 Å². The van der Waals surface area contributed by atoms with E-state index in [1.165, 1.54) is 27.5 Å². The van der Waals surface area contributed by atoms with Gasteiger partial charge in [0.15, 0.2) is 0 Å². The number of halogens is 1. The number of hydrogen-bond acceptors (Lipinski definition) is 0. The third-order valence-corrected chi connectivity index (χ3v) is 4.51. The summed E-state index contributed by atoms with van der Waals surface area (Å²) in [4.78, 5) is 0. The minimum atomic E-state index is 0.858. The van der Waals surface area contributed by atoms with Crippen LogP contribution in [0.2, 0.25) is 0 Å². The molecular formula is C20H19Cl.